The molecule has 1 aliphatic rings. The number of aliphatic hydroxyl groups is 2. The zero-order valence-electron chi connectivity index (χ0n) is 12.5. The fourth-order valence-corrected chi connectivity index (χ4v) is 3.00. The number of aromatic nitrogens is 2. The van der Waals surface area contributed by atoms with Crippen molar-refractivity contribution in [2.75, 3.05) is 6.61 Å². The number of alkyl halides is 3. The fraction of sp³-hybridized carbons (Fsp3) is 0.636. The van der Waals surface area contributed by atoms with Gasteiger partial charge in [-0.15, -0.1) is 0 Å². The van der Waals surface area contributed by atoms with Gasteiger partial charge in [0.2, 0.25) is 0 Å². The van der Waals surface area contributed by atoms with Gasteiger partial charge in [0.1, 0.15) is 31.0 Å². The van der Waals surface area contributed by atoms with Crippen LogP contribution in [0.25, 0.3) is 0 Å². The summed E-state index contributed by atoms with van der Waals surface area (Å²) < 4.78 is 58.5. The summed E-state index contributed by atoms with van der Waals surface area (Å²) in [6.45, 7) is -2.31. The number of rotatable bonds is 5. The van der Waals surface area contributed by atoms with Crippen molar-refractivity contribution in [1.82, 2.24) is 9.55 Å². The van der Waals surface area contributed by atoms with Gasteiger partial charge in [-0.25, -0.2) is 4.79 Å². The minimum Gasteiger partial charge on any atom is -0.387 e. The second-order valence-corrected chi connectivity index (χ2v) is 9.65. The fourth-order valence-electron chi connectivity index (χ4n) is 2.34. The van der Waals surface area contributed by atoms with E-state index in [1.807, 2.05) is 0 Å². The van der Waals surface area contributed by atoms with Crippen LogP contribution in [0.1, 0.15) is 11.7 Å². The van der Waals surface area contributed by atoms with E-state index in [4.69, 9.17) is 27.2 Å². The first-order valence-electron chi connectivity index (χ1n) is 6.84. The van der Waals surface area contributed by atoms with E-state index in [9.17, 15) is 37.5 Å². The zero-order valence-corrected chi connectivity index (χ0v) is 14.9. The molecule has 1 saturated heterocycles. The van der Waals surface area contributed by atoms with Crippen molar-refractivity contribution in [3.8, 4) is 0 Å². The molecule has 15 heteroatoms. The quantitative estimate of drug-likeness (QED) is 0.576. The molecule has 2 heterocycles. The van der Waals surface area contributed by atoms with Crippen LogP contribution in [-0.4, -0.2) is 50.9 Å². The summed E-state index contributed by atoms with van der Waals surface area (Å²) in [6, 6.07) is 0. The van der Waals surface area contributed by atoms with Crippen LogP contribution < -0.4 is 11.2 Å². The van der Waals surface area contributed by atoms with E-state index >= 15 is 0 Å². The normalized spacial score (nSPS) is 27.0. The molecular formula is C11H12Cl2F3N2O7P. The highest BCUT2D eigenvalue weighted by Gasteiger charge is 2.45. The summed E-state index contributed by atoms with van der Waals surface area (Å²) in [5.74, 6) is 0. The number of hydrogen-bond donors (Lipinski definition) is 3. The van der Waals surface area contributed by atoms with Gasteiger partial charge >= 0.3 is 17.9 Å². The third-order valence-corrected chi connectivity index (χ3v) is 4.48. The summed E-state index contributed by atoms with van der Waals surface area (Å²) in [5, 5.41) is 19.9. The Bertz CT molecular complexity index is 823. The van der Waals surface area contributed by atoms with Crippen LogP contribution in [-0.2, 0) is 20.4 Å². The average molecular weight is 443 g/mol. The molecule has 3 N–H and O–H groups in total. The Morgan fingerprint density at radius 2 is 1.92 bits per heavy atom. The van der Waals surface area contributed by atoms with Crippen molar-refractivity contribution < 1.29 is 37.2 Å². The Hall–Kier alpha value is -0.880. The average Bonchev–Trinajstić information content (AvgIpc) is 2.74. The molecule has 0 radical (unpaired) electrons. The molecular weight excluding hydrogens is 431 g/mol. The minimum atomic E-state index is -4.74. The summed E-state index contributed by atoms with van der Waals surface area (Å²) in [7, 11) is 0. The standard InChI is InChI=1S/C11H12Cl2F3N2O7P/c12-26(13,23)24-2-5-6(19)7(20)8(25-5)4-1-18(3-11(14,15)16)10(22)17-9(4)21/h1,5-8,19-20H,2-3H2,(H,17,21,22)/t5-,6?,7?,8+/m1/s1. The van der Waals surface area contributed by atoms with Crippen LogP contribution in [0, 0.1) is 0 Å². The van der Waals surface area contributed by atoms with E-state index in [0.29, 0.717) is 6.20 Å². The molecule has 26 heavy (non-hydrogen) atoms. The van der Waals surface area contributed by atoms with Gasteiger partial charge in [0.25, 0.3) is 5.56 Å². The number of aliphatic hydroxyl groups excluding tert-OH is 2. The second kappa shape index (κ2) is 7.63. The van der Waals surface area contributed by atoms with Crippen molar-refractivity contribution in [2.24, 2.45) is 0 Å². The first-order valence-corrected chi connectivity index (χ1v) is 10.3. The maximum absolute atomic E-state index is 12.5. The predicted molar refractivity (Wildman–Crippen MR) is 82.3 cm³/mol. The summed E-state index contributed by atoms with van der Waals surface area (Å²) in [4.78, 5) is 25.0. The Morgan fingerprint density at radius 1 is 1.31 bits per heavy atom. The summed E-state index contributed by atoms with van der Waals surface area (Å²) >= 11 is 10.3. The number of hydrogen-bond acceptors (Lipinski definition) is 7. The van der Waals surface area contributed by atoms with Gasteiger partial charge in [0, 0.05) is 6.20 Å². The topological polar surface area (TPSA) is 131 Å². The Balaban J connectivity index is 2.30. The first kappa shape index (κ1) is 21.4. The molecule has 0 aromatic carbocycles. The Labute approximate surface area is 152 Å². The van der Waals surface area contributed by atoms with Crippen molar-refractivity contribution >= 4 is 28.6 Å². The highest BCUT2D eigenvalue weighted by molar-refractivity contribution is 8.05. The molecule has 2 rings (SSSR count). The number of H-pyrrole nitrogens is 1. The van der Waals surface area contributed by atoms with Gasteiger partial charge in [-0.05, 0) is 22.5 Å². The first-order chi connectivity index (χ1) is 11.8. The van der Waals surface area contributed by atoms with Crippen LogP contribution in [0.15, 0.2) is 15.8 Å². The van der Waals surface area contributed by atoms with Crippen molar-refractivity contribution in [3.63, 3.8) is 0 Å². The molecule has 1 aromatic heterocycles. The van der Waals surface area contributed by atoms with Crippen LogP contribution in [0.3, 0.4) is 0 Å². The van der Waals surface area contributed by atoms with E-state index in [1.54, 1.807) is 4.98 Å². The van der Waals surface area contributed by atoms with E-state index in [-0.39, 0.29) is 4.57 Å². The molecule has 4 atom stereocenters. The maximum Gasteiger partial charge on any atom is 0.406 e. The van der Waals surface area contributed by atoms with Gasteiger partial charge < -0.3 is 19.5 Å². The number of nitrogens with zero attached hydrogens (tertiary/aromatic N) is 1. The van der Waals surface area contributed by atoms with E-state index in [2.05, 4.69) is 4.52 Å². The molecule has 0 saturated carbocycles. The van der Waals surface area contributed by atoms with Crippen LogP contribution in [0.5, 0.6) is 0 Å². The van der Waals surface area contributed by atoms with E-state index in [0.717, 1.165) is 0 Å². The molecule has 0 spiro atoms. The molecule has 1 aromatic rings. The SMILES string of the molecule is O=c1[nH]c(=O)n(CC(F)(F)F)cc1[C@@H]1O[C@H](COP(=O)(Cl)Cl)C(O)C1O. The number of nitrogens with one attached hydrogen (secondary N) is 1. The lowest BCUT2D eigenvalue weighted by Crippen LogP contribution is -2.38. The number of aromatic amines is 1. The molecule has 1 aliphatic heterocycles. The number of ether oxygens (including phenoxy) is 1. The molecule has 0 aliphatic carbocycles. The molecule has 0 amide bonds. The van der Waals surface area contributed by atoms with Crippen molar-refractivity contribution in [3.05, 3.63) is 32.6 Å². The molecule has 0 bridgehead atoms. The van der Waals surface area contributed by atoms with Gasteiger partial charge in [0.15, 0.2) is 0 Å². The second-order valence-electron chi connectivity index (χ2n) is 5.37. The summed E-state index contributed by atoms with van der Waals surface area (Å²) in [5.41, 5.74) is -2.94. The molecule has 2 unspecified atom stereocenters. The van der Waals surface area contributed by atoms with Gasteiger partial charge in [-0.2, -0.15) is 13.2 Å². The van der Waals surface area contributed by atoms with Crippen molar-refractivity contribution in [1.29, 1.82) is 0 Å². The van der Waals surface area contributed by atoms with E-state index < -0.39 is 66.6 Å². The largest absolute Gasteiger partial charge is 0.406 e. The summed E-state index contributed by atoms with van der Waals surface area (Å²) in [6.07, 6.45) is -14.4. The van der Waals surface area contributed by atoms with E-state index in [1.165, 1.54) is 0 Å². The minimum absolute atomic E-state index is 0.175. The number of halogens is 5. The highest BCUT2D eigenvalue weighted by Crippen LogP contribution is 2.57. The van der Waals surface area contributed by atoms with Gasteiger partial charge in [0.05, 0.1) is 12.2 Å². The maximum atomic E-state index is 12.5. The zero-order chi connectivity index (χ0) is 19.9. The highest BCUT2D eigenvalue weighted by atomic mass is 35.9. The lowest BCUT2D eigenvalue weighted by molar-refractivity contribution is -0.141. The van der Waals surface area contributed by atoms with Crippen LogP contribution in [0.4, 0.5) is 13.2 Å². The molecule has 1 fully saturated rings. The monoisotopic (exact) mass is 442 g/mol. The third-order valence-electron chi connectivity index (χ3n) is 3.45. The van der Waals surface area contributed by atoms with Crippen molar-refractivity contribution in [2.45, 2.75) is 37.1 Å². The van der Waals surface area contributed by atoms with Gasteiger partial charge in [-0.3, -0.25) is 18.9 Å². The molecule has 148 valence electrons. The molecule has 9 nitrogen and oxygen atoms in total. The Kier molecular flexibility index (Phi) is 6.28. The van der Waals surface area contributed by atoms with Crippen LogP contribution in [0.2, 0.25) is 0 Å². The lowest BCUT2D eigenvalue weighted by atomic mass is 10.0. The van der Waals surface area contributed by atoms with Crippen LogP contribution >= 0.6 is 28.6 Å². The third kappa shape index (κ3) is 5.32. The Morgan fingerprint density at radius 3 is 2.46 bits per heavy atom. The lowest BCUT2D eigenvalue weighted by Gasteiger charge is -2.16. The predicted octanol–water partition coefficient (Wildman–Crippen LogP) is 0.863. The smallest absolute Gasteiger partial charge is 0.387 e. The van der Waals surface area contributed by atoms with Gasteiger partial charge in [-0.1, -0.05) is 0 Å².